The third kappa shape index (κ3) is 3.62. The Hall–Kier alpha value is -2.67. The Morgan fingerprint density at radius 3 is 2.47 bits per heavy atom. The zero-order valence-corrected chi connectivity index (χ0v) is 17.5. The molecule has 1 saturated carbocycles. The summed E-state index contributed by atoms with van der Waals surface area (Å²) in [5.41, 5.74) is -2.29. The highest BCUT2D eigenvalue weighted by Crippen LogP contribution is 2.63. The first-order valence-corrected chi connectivity index (χ1v) is 10.1. The van der Waals surface area contributed by atoms with Crippen LogP contribution in [0.25, 0.3) is 0 Å². The number of carbonyl (C=O) groups is 3. The smallest absolute Gasteiger partial charge is 0.343 e. The molecule has 0 aromatic carbocycles. The van der Waals surface area contributed by atoms with Gasteiger partial charge in [-0.1, -0.05) is 51.5 Å². The molecule has 0 amide bonds. The van der Waals surface area contributed by atoms with E-state index in [1.165, 1.54) is 30.4 Å². The van der Waals surface area contributed by atoms with Gasteiger partial charge in [-0.25, -0.2) is 14.4 Å². The lowest BCUT2D eigenvalue weighted by molar-refractivity contribution is -0.194. The van der Waals surface area contributed by atoms with E-state index in [2.05, 4.69) is 13.8 Å². The summed E-state index contributed by atoms with van der Waals surface area (Å²) in [4.78, 5) is 35.4. The molecule has 0 aromatic rings. The van der Waals surface area contributed by atoms with Crippen LogP contribution in [0.3, 0.4) is 0 Å². The summed E-state index contributed by atoms with van der Waals surface area (Å²) >= 11 is 0. The van der Waals surface area contributed by atoms with E-state index in [-0.39, 0.29) is 17.9 Å². The monoisotopic (exact) mass is 416 g/mol. The minimum Gasteiger partial charge on any atom is -0.478 e. The van der Waals surface area contributed by atoms with Crippen molar-refractivity contribution in [3.05, 3.63) is 48.1 Å². The molecule has 1 heterocycles. The third-order valence-corrected chi connectivity index (χ3v) is 6.74. The number of esters is 2. The van der Waals surface area contributed by atoms with Crippen molar-refractivity contribution in [2.45, 2.75) is 51.7 Å². The maximum Gasteiger partial charge on any atom is 0.343 e. The van der Waals surface area contributed by atoms with Gasteiger partial charge in [-0.05, 0) is 24.3 Å². The number of carboxylic acid groups (broad SMARTS) is 1. The number of carbonyl (C=O) groups excluding carboxylic acids is 2. The number of cyclic esters (lactones) is 1. The van der Waals surface area contributed by atoms with Crippen LogP contribution in [-0.2, 0) is 23.9 Å². The first kappa shape index (κ1) is 22.0. The molecule has 0 bridgehead atoms. The maximum atomic E-state index is 12.5. The summed E-state index contributed by atoms with van der Waals surface area (Å²) in [6.07, 6.45) is 11.5. The van der Waals surface area contributed by atoms with Crippen molar-refractivity contribution in [1.82, 2.24) is 0 Å². The van der Waals surface area contributed by atoms with Crippen LogP contribution >= 0.6 is 0 Å². The number of hydrogen-bond donors (Lipinski definition) is 2. The molecule has 30 heavy (non-hydrogen) atoms. The Bertz CT molecular complexity index is 863. The van der Waals surface area contributed by atoms with Crippen LogP contribution in [-0.4, -0.2) is 46.4 Å². The van der Waals surface area contributed by atoms with Crippen LogP contribution in [0.5, 0.6) is 0 Å². The summed E-state index contributed by atoms with van der Waals surface area (Å²) in [5.74, 6) is -2.49. The molecule has 162 valence electrons. The first-order valence-electron chi connectivity index (χ1n) is 10.1. The molecule has 2 fully saturated rings. The zero-order chi connectivity index (χ0) is 22.2. The number of hydrogen-bond acceptors (Lipinski definition) is 6. The van der Waals surface area contributed by atoms with Gasteiger partial charge in [0.05, 0.1) is 0 Å². The maximum absolute atomic E-state index is 12.5. The minimum absolute atomic E-state index is 0.000607. The number of aliphatic hydroxyl groups is 1. The van der Waals surface area contributed by atoms with Crippen molar-refractivity contribution in [2.75, 3.05) is 6.61 Å². The van der Waals surface area contributed by atoms with Gasteiger partial charge in [0.1, 0.15) is 12.7 Å². The minimum atomic E-state index is -1.69. The van der Waals surface area contributed by atoms with Gasteiger partial charge in [-0.2, -0.15) is 0 Å². The van der Waals surface area contributed by atoms with Gasteiger partial charge in [0.15, 0.2) is 5.60 Å². The Morgan fingerprint density at radius 2 is 1.80 bits per heavy atom. The second kappa shape index (κ2) is 7.87. The van der Waals surface area contributed by atoms with Crippen LogP contribution in [0.4, 0.5) is 0 Å². The molecule has 7 heteroatoms. The molecule has 2 N–H and O–H groups in total. The molecule has 0 spiro atoms. The molecular formula is C23H28O7. The predicted octanol–water partition coefficient (Wildman–Crippen LogP) is 2.71. The lowest BCUT2D eigenvalue weighted by Gasteiger charge is -2.59. The van der Waals surface area contributed by atoms with Gasteiger partial charge < -0.3 is 19.7 Å². The standard InChI is InChI=1S/C23H28O7/c1-21(2)11-8-12-22(3)19(21)16(13-15-14-29-20(27)23(15,22)28)30-18(26)10-7-5-4-6-9-17(24)25/h4-7,9-10,13,16,19,28H,8,11-12,14H2,1-3H3,(H,24,25)/b5-4+,9-6+,10-7+/t16-,19+,22+,23?/m1/s1. The van der Waals surface area contributed by atoms with E-state index < -0.39 is 35.0 Å². The number of carboxylic acids is 1. The Balaban J connectivity index is 1.85. The predicted molar refractivity (Wildman–Crippen MR) is 108 cm³/mol. The molecule has 3 aliphatic rings. The Morgan fingerprint density at radius 1 is 1.13 bits per heavy atom. The van der Waals surface area contributed by atoms with E-state index in [1.807, 2.05) is 6.92 Å². The molecule has 7 nitrogen and oxygen atoms in total. The van der Waals surface area contributed by atoms with E-state index >= 15 is 0 Å². The molecule has 1 aliphatic heterocycles. The second-order valence-corrected chi connectivity index (χ2v) is 9.06. The molecule has 1 unspecified atom stereocenters. The molecule has 0 radical (unpaired) electrons. The van der Waals surface area contributed by atoms with E-state index in [9.17, 15) is 19.5 Å². The highest BCUT2D eigenvalue weighted by Gasteiger charge is 2.69. The summed E-state index contributed by atoms with van der Waals surface area (Å²) in [6.45, 7) is 6.05. The van der Waals surface area contributed by atoms with Gasteiger partial charge in [0.2, 0.25) is 0 Å². The van der Waals surface area contributed by atoms with Crippen molar-refractivity contribution >= 4 is 17.9 Å². The number of ether oxygens (including phenoxy) is 2. The van der Waals surface area contributed by atoms with Crippen LogP contribution in [0, 0.1) is 16.7 Å². The number of fused-ring (bicyclic) bond motifs is 3. The number of rotatable bonds is 5. The fourth-order valence-corrected chi connectivity index (χ4v) is 5.52. The van der Waals surface area contributed by atoms with Gasteiger partial charge in [-0.3, -0.25) is 0 Å². The lowest BCUT2D eigenvalue weighted by Crippen LogP contribution is -2.65. The van der Waals surface area contributed by atoms with Crippen LogP contribution < -0.4 is 0 Å². The first-order chi connectivity index (χ1) is 14.0. The number of allylic oxidation sites excluding steroid dienone is 4. The highest BCUT2D eigenvalue weighted by molar-refractivity contribution is 5.88. The van der Waals surface area contributed by atoms with Crippen molar-refractivity contribution < 1.29 is 34.1 Å². The third-order valence-electron chi connectivity index (χ3n) is 6.74. The van der Waals surface area contributed by atoms with Gasteiger partial charge in [-0.15, -0.1) is 0 Å². The molecule has 3 rings (SSSR count). The Labute approximate surface area is 175 Å². The van der Waals surface area contributed by atoms with Gasteiger partial charge in [0.25, 0.3) is 0 Å². The fraction of sp³-hybridized carbons (Fsp3) is 0.522. The number of aliphatic carboxylic acids is 1. The van der Waals surface area contributed by atoms with Gasteiger partial charge in [0, 0.05) is 29.1 Å². The van der Waals surface area contributed by atoms with Gasteiger partial charge >= 0.3 is 17.9 Å². The van der Waals surface area contributed by atoms with Crippen molar-refractivity contribution in [2.24, 2.45) is 16.7 Å². The van der Waals surface area contributed by atoms with E-state index in [4.69, 9.17) is 14.6 Å². The van der Waals surface area contributed by atoms with Crippen LogP contribution in [0.1, 0.15) is 40.0 Å². The van der Waals surface area contributed by atoms with Crippen LogP contribution in [0.15, 0.2) is 48.1 Å². The fourth-order valence-electron chi connectivity index (χ4n) is 5.52. The molecular weight excluding hydrogens is 388 g/mol. The normalized spacial score (nSPS) is 35.2. The van der Waals surface area contributed by atoms with Crippen molar-refractivity contribution in [3.63, 3.8) is 0 Å². The largest absolute Gasteiger partial charge is 0.478 e. The average Bonchev–Trinajstić information content (AvgIpc) is 2.93. The quantitative estimate of drug-likeness (QED) is 0.307. The summed E-state index contributed by atoms with van der Waals surface area (Å²) in [5, 5.41) is 20.0. The second-order valence-electron chi connectivity index (χ2n) is 9.06. The lowest BCUT2D eigenvalue weighted by atomic mass is 9.46. The molecule has 0 aromatic heterocycles. The van der Waals surface area contributed by atoms with Crippen molar-refractivity contribution in [1.29, 1.82) is 0 Å². The summed E-state index contributed by atoms with van der Waals surface area (Å²) in [7, 11) is 0. The van der Waals surface area contributed by atoms with E-state index in [0.29, 0.717) is 12.0 Å². The van der Waals surface area contributed by atoms with Crippen molar-refractivity contribution in [3.8, 4) is 0 Å². The zero-order valence-electron chi connectivity index (χ0n) is 17.5. The molecule has 2 aliphatic carbocycles. The Kier molecular flexibility index (Phi) is 5.78. The van der Waals surface area contributed by atoms with Crippen LogP contribution in [0.2, 0.25) is 0 Å². The molecule has 4 atom stereocenters. The topological polar surface area (TPSA) is 110 Å². The summed E-state index contributed by atoms with van der Waals surface area (Å²) in [6, 6.07) is 0. The average molecular weight is 416 g/mol. The SMILES string of the molecule is CC1(C)CCC[C@@]2(C)[C@H]1[C@H](OC(=O)/C=C/C=C/C=C/C(=O)O)C=C1COC(=O)C12O. The summed E-state index contributed by atoms with van der Waals surface area (Å²) < 4.78 is 11.0. The molecule has 1 saturated heterocycles. The highest BCUT2D eigenvalue weighted by atomic mass is 16.6. The van der Waals surface area contributed by atoms with E-state index in [0.717, 1.165) is 18.9 Å². The van der Waals surface area contributed by atoms with E-state index in [1.54, 1.807) is 6.08 Å².